The van der Waals surface area contributed by atoms with Crippen LogP contribution in [0.3, 0.4) is 0 Å². The average Bonchev–Trinajstić information content (AvgIpc) is 2.72. The lowest BCUT2D eigenvalue weighted by atomic mass is 10.0. The number of carbonyl (C=O) groups excluding carboxylic acids is 1. The van der Waals surface area contributed by atoms with Gasteiger partial charge < -0.3 is 0 Å². The molecule has 0 radical (unpaired) electrons. The van der Waals surface area contributed by atoms with Crippen LogP contribution in [0.5, 0.6) is 0 Å². The molecule has 4 rings (SSSR count). The second-order valence-electron chi connectivity index (χ2n) is 7.79. The van der Waals surface area contributed by atoms with Crippen LogP contribution in [0, 0.1) is 12.7 Å². The Morgan fingerprint density at radius 1 is 0.967 bits per heavy atom. The molecule has 0 saturated heterocycles. The van der Waals surface area contributed by atoms with Gasteiger partial charge in [-0.25, -0.2) is 14.4 Å². The Kier molecular flexibility index (Phi) is 5.86. The molecule has 5 nitrogen and oxygen atoms in total. The SMILES string of the molecule is Cc1nc(CN(C)Cc2ccc(F)cc2)nc2c1CCC(=O)N2Cc1ccccc1. The van der Waals surface area contributed by atoms with Crippen molar-refractivity contribution in [2.75, 3.05) is 11.9 Å². The Labute approximate surface area is 176 Å². The molecule has 0 atom stereocenters. The molecule has 1 aliphatic heterocycles. The zero-order chi connectivity index (χ0) is 21.1. The van der Waals surface area contributed by atoms with Gasteiger partial charge in [0.15, 0.2) is 0 Å². The maximum Gasteiger partial charge on any atom is 0.228 e. The highest BCUT2D eigenvalue weighted by atomic mass is 19.1. The Balaban J connectivity index is 1.56. The van der Waals surface area contributed by atoms with Crippen molar-refractivity contribution in [3.63, 3.8) is 0 Å². The molecule has 0 saturated carbocycles. The fraction of sp³-hybridized carbons (Fsp3) is 0.292. The van der Waals surface area contributed by atoms with Gasteiger partial charge in [0.25, 0.3) is 0 Å². The Morgan fingerprint density at radius 2 is 1.70 bits per heavy atom. The minimum Gasteiger partial charge on any atom is -0.295 e. The summed E-state index contributed by atoms with van der Waals surface area (Å²) in [5.41, 5.74) is 4.07. The van der Waals surface area contributed by atoms with Crippen LogP contribution in [0.25, 0.3) is 0 Å². The summed E-state index contributed by atoms with van der Waals surface area (Å²) in [7, 11) is 1.98. The number of nitrogens with zero attached hydrogens (tertiary/aromatic N) is 4. The number of aromatic nitrogens is 2. The fourth-order valence-electron chi connectivity index (χ4n) is 3.84. The monoisotopic (exact) mass is 404 g/mol. The fourth-order valence-corrected chi connectivity index (χ4v) is 3.84. The van der Waals surface area contributed by atoms with Crippen LogP contribution >= 0.6 is 0 Å². The van der Waals surface area contributed by atoms with E-state index >= 15 is 0 Å². The normalized spacial score (nSPS) is 13.6. The van der Waals surface area contributed by atoms with Gasteiger partial charge in [0.2, 0.25) is 5.91 Å². The molecule has 1 amide bonds. The Hall–Kier alpha value is -3.12. The second kappa shape index (κ2) is 8.71. The lowest BCUT2D eigenvalue weighted by Crippen LogP contribution is -2.36. The number of aryl methyl sites for hydroxylation is 1. The molecule has 0 bridgehead atoms. The number of carbonyl (C=O) groups is 1. The van der Waals surface area contributed by atoms with Crippen LogP contribution in [0.4, 0.5) is 10.2 Å². The topological polar surface area (TPSA) is 49.3 Å². The van der Waals surface area contributed by atoms with Crippen LogP contribution < -0.4 is 4.90 Å². The van der Waals surface area contributed by atoms with E-state index < -0.39 is 0 Å². The van der Waals surface area contributed by atoms with Gasteiger partial charge in [-0.2, -0.15) is 0 Å². The van der Waals surface area contributed by atoms with Crippen molar-refractivity contribution in [2.24, 2.45) is 0 Å². The first-order chi connectivity index (χ1) is 14.5. The minimum atomic E-state index is -0.238. The molecule has 0 N–H and O–H groups in total. The van der Waals surface area contributed by atoms with Gasteiger partial charge in [0.1, 0.15) is 17.5 Å². The number of halogens is 1. The van der Waals surface area contributed by atoms with E-state index in [9.17, 15) is 9.18 Å². The van der Waals surface area contributed by atoms with E-state index in [1.54, 1.807) is 17.0 Å². The maximum atomic E-state index is 13.1. The van der Waals surface area contributed by atoms with E-state index in [0.717, 1.165) is 28.2 Å². The zero-order valence-electron chi connectivity index (χ0n) is 17.3. The van der Waals surface area contributed by atoms with E-state index in [2.05, 4.69) is 4.90 Å². The summed E-state index contributed by atoms with van der Waals surface area (Å²) in [6.07, 6.45) is 1.16. The molecule has 2 heterocycles. The number of rotatable bonds is 6. The van der Waals surface area contributed by atoms with Crippen molar-refractivity contribution in [3.8, 4) is 0 Å². The number of hydrogen-bond donors (Lipinski definition) is 0. The lowest BCUT2D eigenvalue weighted by Gasteiger charge is -2.30. The van der Waals surface area contributed by atoms with E-state index in [0.29, 0.717) is 38.3 Å². The molecule has 0 aliphatic carbocycles. The Bertz CT molecular complexity index is 1040. The quantitative estimate of drug-likeness (QED) is 0.622. The van der Waals surface area contributed by atoms with E-state index in [-0.39, 0.29) is 11.7 Å². The molecule has 1 aliphatic rings. The summed E-state index contributed by atoms with van der Waals surface area (Å²) in [5, 5.41) is 0. The van der Waals surface area contributed by atoms with Crippen molar-refractivity contribution in [2.45, 2.75) is 39.4 Å². The van der Waals surface area contributed by atoms with Gasteiger partial charge in [-0.3, -0.25) is 14.6 Å². The number of amides is 1. The van der Waals surface area contributed by atoms with Crippen LogP contribution in [-0.4, -0.2) is 27.8 Å². The first-order valence-electron chi connectivity index (χ1n) is 10.1. The van der Waals surface area contributed by atoms with Gasteiger partial charge >= 0.3 is 0 Å². The van der Waals surface area contributed by atoms with E-state index in [1.807, 2.05) is 44.3 Å². The standard InChI is InChI=1S/C24H25FN4O/c1-17-21-12-13-23(30)29(15-18-6-4-3-5-7-18)24(21)27-22(26-17)16-28(2)14-19-8-10-20(25)11-9-19/h3-11H,12-16H2,1-2H3. The van der Waals surface area contributed by atoms with Crippen molar-refractivity contribution >= 4 is 11.7 Å². The van der Waals surface area contributed by atoms with Crippen molar-refractivity contribution in [3.05, 3.63) is 88.6 Å². The van der Waals surface area contributed by atoms with Crippen molar-refractivity contribution < 1.29 is 9.18 Å². The van der Waals surface area contributed by atoms with Gasteiger partial charge in [-0.05, 0) is 43.7 Å². The summed E-state index contributed by atoms with van der Waals surface area (Å²) in [6.45, 7) is 3.69. The summed E-state index contributed by atoms with van der Waals surface area (Å²) < 4.78 is 13.1. The summed E-state index contributed by atoms with van der Waals surface area (Å²) in [5.74, 6) is 1.27. The molecule has 6 heteroatoms. The molecule has 0 unspecified atom stereocenters. The number of fused-ring (bicyclic) bond motifs is 1. The third kappa shape index (κ3) is 4.54. The van der Waals surface area contributed by atoms with Crippen LogP contribution in [-0.2, 0) is 30.8 Å². The Morgan fingerprint density at radius 3 is 2.43 bits per heavy atom. The van der Waals surface area contributed by atoms with Gasteiger partial charge in [0.05, 0.1) is 13.1 Å². The van der Waals surface area contributed by atoms with Gasteiger partial charge in [-0.15, -0.1) is 0 Å². The van der Waals surface area contributed by atoms with Crippen molar-refractivity contribution in [1.82, 2.24) is 14.9 Å². The lowest BCUT2D eigenvalue weighted by molar-refractivity contribution is -0.119. The summed E-state index contributed by atoms with van der Waals surface area (Å²) in [6, 6.07) is 16.5. The van der Waals surface area contributed by atoms with Gasteiger partial charge in [0, 0.05) is 24.2 Å². The first-order valence-corrected chi connectivity index (χ1v) is 10.1. The molecular weight excluding hydrogens is 379 g/mol. The summed E-state index contributed by atoms with van der Waals surface area (Å²) >= 11 is 0. The predicted molar refractivity (Wildman–Crippen MR) is 114 cm³/mol. The third-order valence-electron chi connectivity index (χ3n) is 5.34. The highest BCUT2D eigenvalue weighted by Gasteiger charge is 2.28. The highest BCUT2D eigenvalue weighted by Crippen LogP contribution is 2.29. The number of hydrogen-bond acceptors (Lipinski definition) is 4. The van der Waals surface area contributed by atoms with E-state index in [1.165, 1.54) is 12.1 Å². The molecule has 1 aromatic heterocycles. The zero-order valence-corrected chi connectivity index (χ0v) is 17.3. The number of anilines is 1. The molecule has 0 fully saturated rings. The molecule has 30 heavy (non-hydrogen) atoms. The van der Waals surface area contributed by atoms with E-state index in [4.69, 9.17) is 9.97 Å². The average molecular weight is 404 g/mol. The van der Waals surface area contributed by atoms with Crippen LogP contribution in [0.1, 0.15) is 34.6 Å². The third-order valence-corrected chi connectivity index (χ3v) is 5.34. The smallest absolute Gasteiger partial charge is 0.228 e. The second-order valence-corrected chi connectivity index (χ2v) is 7.79. The van der Waals surface area contributed by atoms with Crippen LogP contribution in [0.15, 0.2) is 54.6 Å². The minimum absolute atomic E-state index is 0.0927. The molecule has 154 valence electrons. The number of benzene rings is 2. The highest BCUT2D eigenvalue weighted by molar-refractivity contribution is 5.95. The molecule has 2 aromatic carbocycles. The van der Waals surface area contributed by atoms with Crippen LogP contribution in [0.2, 0.25) is 0 Å². The first kappa shape index (κ1) is 20.2. The summed E-state index contributed by atoms with van der Waals surface area (Å²) in [4.78, 5) is 26.1. The predicted octanol–water partition coefficient (Wildman–Crippen LogP) is 4.04. The largest absolute Gasteiger partial charge is 0.295 e. The van der Waals surface area contributed by atoms with Crippen molar-refractivity contribution in [1.29, 1.82) is 0 Å². The van der Waals surface area contributed by atoms with Gasteiger partial charge in [-0.1, -0.05) is 42.5 Å². The molecular formula is C24H25FN4O. The molecule has 0 spiro atoms. The maximum absolute atomic E-state index is 13.1. The molecule has 3 aromatic rings.